The molecule has 0 radical (unpaired) electrons. The second-order valence-corrected chi connectivity index (χ2v) is 9.04. The van der Waals surface area contributed by atoms with E-state index in [0.717, 1.165) is 53.9 Å². The summed E-state index contributed by atoms with van der Waals surface area (Å²) in [6.45, 7) is 3.71. The lowest BCUT2D eigenvalue weighted by Crippen LogP contribution is -2.47. The predicted molar refractivity (Wildman–Crippen MR) is 121 cm³/mol. The van der Waals surface area contributed by atoms with Gasteiger partial charge in [0, 0.05) is 68.6 Å². The molecule has 0 saturated carbocycles. The highest BCUT2D eigenvalue weighted by Crippen LogP contribution is 2.44. The van der Waals surface area contributed by atoms with Crippen molar-refractivity contribution in [1.82, 2.24) is 14.8 Å². The van der Waals surface area contributed by atoms with Gasteiger partial charge in [-0.2, -0.15) is 5.10 Å². The molecule has 2 fully saturated rings. The van der Waals surface area contributed by atoms with E-state index in [1.165, 1.54) is 0 Å². The van der Waals surface area contributed by atoms with E-state index in [1.54, 1.807) is 10.9 Å². The second kappa shape index (κ2) is 7.68. The number of nitrogens with zero attached hydrogens (tertiary/aromatic N) is 4. The van der Waals surface area contributed by atoms with Crippen molar-refractivity contribution >= 4 is 23.3 Å². The molecule has 1 aromatic carbocycles. The molecule has 0 N–H and O–H groups in total. The van der Waals surface area contributed by atoms with Crippen LogP contribution in [-0.2, 0) is 16.6 Å². The largest absolute Gasteiger partial charge is 0.459 e. The zero-order valence-electron chi connectivity index (χ0n) is 17.7. The number of anilines is 1. The molecule has 7 heteroatoms. The summed E-state index contributed by atoms with van der Waals surface area (Å²) in [5.74, 6) is 0.187. The van der Waals surface area contributed by atoms with Gasteiger partial charge in [0.15, 0.2) is 0 Å². The SMILES string of the molecule is CC1CC(=O)OC12CCN(c1c(Cl)cncc1-c1ccc(-c3cnn(C)c3)cc1)CC2. The quantitative estimate of drug-likeness (QED) is 0.556. The van der Waals surface area contributed by atoms with Crippen molar-refractivity contribution in [2.24, 2.45) is 13.0 Å². The van der Waals surface area contributed by atoms with Crippen LogP contribution in [0.4, 0.5) is 5.69 Å². The number of piperidine rings is 1. The second-order valence-electron chi connectivity index (χ2n) is 8.63. The smallest absolute Gasteiger partial charge is 0.306 e. The van der Waals surface area contributed by atoms with E-state index in [2.05, 4.69) is 46.2 Å². The summed E-state index contributed by atoms with van der Waals surface area (Å²) in [5, 5.41) is 4.89. The van der Waals surface area contributed by atoms with Gasteiger partial charge in [-0.15, -0.1) is 0 Å². The number of rotatable bonds is 3. The molecule has 2 saturated heterocycles. The molecule has 1 atom stereocenters. The normalized spacial score (nSPS) is 20.3. The van der Waals surface area contributed by atoms with Crippen molar-refractivity contribution in [2.75, 3.05) is 18.0 Å². The van der Waals surface area contributed by atoms with Crippen molar-refractivity contribution in [3.8, 4) is 22.3 Å². The van der Waals surface area contributed by atoms with Gasteiger partial charge in [0.1, 0.15) is 5.60 Å². The standard InChI is InChI=1S/C24H25ClN4O2/c1-16-11-22(30)31-24(16)7-9-29(10-8-24)23-20(13-26-14-21(23)25)18-5-3-17(4-6-18)19-12-27-28(2)15-19/h3-6,12-16H,7-11H2,1-2H3. The lowest BCUT2D eigenvalue weighted by molar-refractivity contribution is -0.151. The minimum atomic E-state index is -0.321. The number of aryl methyl sites for hydroxylation is 1. The molecule has 31 heavy (non-hydrogen) atoms. The summed E-state index contributed by atoms with van der Waals surface area (Å²) in [6.07, 6.45) is 9.60. The van der Waals surface area contributed by atoms with E-state index in [0.29, 0.717) is 11.4 Å². The van der Waals surface area contributed by atoms with Gasteiger partial charge < -0.3 is 9.64 Å². The number of hydrogen-bond donors (Lipinski definition) is 0. The fraction of sp³-hybridized carbons (Fsp3) is 0.375. The summed E-state index contributed by atoms with van der Waals surface area (Å²) >= 11 is 6.65. The molecule has 3 aromatic rings. The molecule has 1 unspecified atom stereocenters. The Morgan fingerprint density at radius 2 is 1.77 bits per heavy atom. The summed E-state index contributed by atoms with van der Waals surface area (Å²) in [4.78, 5) is 18.5. The van der Waals surface area contributed by atoms with Crippen LogP contribution in [-0.4, -0.2) is 39.4 Å². The van der Waals surface area contributed by atoms with E-state index in [-0.39, 0.29) is 17.5 Å². The van der Waals surface area contributed by atoms with E-state index in [1.807, 2.05) is 25.6 Å². The van der Waals surface area contributed by atoms with Gasteiger partial charge in [-0.1, -0.05) is 42.8 Å². The molecule has 0 bridgehead atoms. The van der Waals surface area contributed by atoms with E-state index >= 15 is 0 Å². The highest BCUT2D eigenvalue weighted by atomic mass is 35.5. The first kappa shape index (κ1) is 20.1. The van der Waals surface area contributed by atoms with Gasteiger partial charge in [-0.25, -0.2) is 0 Å². The molecule has 2 aliphatic heterocycles. The van der Waals surface area contributed by atoms with Crippen molar-refractivity contribution in [1.29, 1.82) is 0 Å². The Balaban J connectivity index is 1.42. The van der Waals surface area contributed by atoms with Crippen molar-refractivity contribution in [3.05, 3.63) is 54.1 Å². The Morgan fingerprint density at radius 3 is 2.39 bits per heavy atom. The van der Waals surface area contributed by atoms with Crippen LogP contribution in [0.5, 0.6) is 0 Å². The molecular weight excluding hydrogens is 412 g/mol. The zero-order chi connectivity index (χ0) is 21.6. The van der Waals surface area contributed by atoms with Gasteiger partial charge in [-0.3, -0.25) is 14.5 Å². The van der Waals surface area contributed by atoms with E-state index in [4.69, 9.17) is 16.3 Å². The minimum absolute atomic E-state index is 0.0720. The van der Waals surface area contributed by atoms with Gasteiger partial charge in [-0.05, 0) is 11.1 Å². The minimum Gasteiger partial charge on any atom is -0.459 e. The van der Waals surface area contributed by atoms with Crippen LogP contribution in [0, 0.1) is 5.92 Å². The lowest BCUT2D eigenvalue weighted by atomic mass is 9.80. The van der Waals surface area contributed by atoms with E-state index < -0.39 is 0 Å². The molecule has 160 valence electrons. The molecule has 0 amide bonds. The van der Waals surface area contributed by atoms with Crippen LogP contribution in [0.1, 0.15) is 26.2 Å². The number of carbonyl (C=O) groups excluding carboxylic acids is 1. The van der Waals surface area contributed by atoms with Gasteiger partial charge in [0.05, 0.1) is 23.3 Å². The number of pyridine rings is 1. The molecule has 0 aliphatic carbocycles. The molecule has 6 nitrogen and oxygen atoms in total. The van der Waals surface area contributed by atoms with Crippen LogP contribution in [0.3, 0.4) is 0 Å². The monoisotopic (exact) mass is 436 g/mol. The molecule has 4 heterocycles. The fourth-order valence-corrected chi connectivity index (χ4v) is 5.16. The Hall–Kier alpha value is -2.86. The number of hydrogen-bond acceptors (Lipinski definition) is 5. The zero-order valence-corrected chi connectivity index (χ0v) is 18.5. The van der Waals surface area contributed by atoms with Gasteiger partial charge in [0.25, 0.3) is 0 Å². The maximum atomic E-state index is 11.8. The highest BCUT2D eigenvalue weighted by Gasteiger charge is 2.48. The van der Waals surface area contributed by atoms with Crippen LogP contribution < -0.4 is 4.90 Å². The van der Waals surface area contributed by atoms with Crippen molar-refractivity contribution in [3.63, 3.8) is 0 Å². The fourth-order valence-electron chi connectivity index (χ4n) is 4.88. The average molecular weight is 437 g/mol. The molecule has 5 rings (SSSR count). The van der Waals surface area contributed by atoms with Crippen molar-refractivity contribution in [2.45, 2.75) is 31.8 Å². The number of benzene rings is 1. The third kappa shape index (κ3) is 3.59. The van der Waals surface area contributed by atoms with Gasteiger partial charge >= 0.3 is 5.97 Å². The molecular formula is C24H25ClN4O2. The van der Waals surface area contributed by atoms with Crippen LogP contribution in [0.15, 0.2) is 49.1 Å². The third-order valence-electron chi connectivity index (χ3n) is 6.72. The Labute approximate surface area is 186 Å². The lowest BCUT2D eigenvalue weighted by Gasteiger charge is -2.42. The molecule has 2 aromatic heterocycles. The predicted octanol–water partition coefficient (Wildman–Crippen LogP) is 4.72. The van der Waals surface area contributed by atoms with Gasteiger partial charge in [0.2, 0.25) is 0 Å². The first-order valence-electron chi connectivity index (χ1n) is 10.6. The number of carbonyl (C=O) groups is 1. The van der Waals surface area contributed by atoms with E-state index in [9.17, 15) is 4.79 Å². The number of ether oxygens (including phenoxy) is 1. The number of aromatic nitrogens is 3. The van der Waals surface area contributed by atoms with Crippen LogP contribution in [0.25, 0.3) is 22.3 Å². The molecule has 2 aliphatic rings. The Morgan fingerprint density at radius 1 is 1.06 bits per heavy atom. The average Bonchev–Trinajstić information content (AvgIpc) is 3.31. The summed E-state index contributed by atoms with van der Waals surface area (Å²) < 4.78 is 7.57. The maximum absolute atomic E-state index is 11.8. The third-order valence-corrected chi connectivity index (χ3v) is 7.00. The number of halogens is 1. The maximum Gasteiger partial charge on any atom is 0.306 e. The Bertz CT molecular complexity index is 1120. The van der Waals surface area contributed by atoms with Crippen LogP contribution in [0.2, 0.25) is 5.02 Å². The summed E-state index contributed by atoms with van der Waals surface area (Å²) in [5.41, 5.74) is 4.96. The van der Waals surface area contributed by atoms with Crippen LogP contribution >= 0.6 is 11.6 Å². The summed E-state index contributed by atoms with van der Waals surface area (Å²) in [7, 11) is 1.91. The number of esters is 1. The highest BCUT2D eigenvalue weighted by molar-refractivity contribution is 6.33. The topological polar surface area (TPSA) is 60.2 Å². The Kier molecular flexibility index (Phi) is 4.97. The molecule has 1 spiro atoms. The first-order chi connectivity index (χ1) is 14.9. The first-order valence-corrected chi connectivity index (χ1v) is 11.0. The van der Waals surface area contributed by atoms with Crippen molar-refractivity contribution < 1.29 is 9.53 Å². The summed E-state index contributed by atoms with van der Waals surface area (Å²) in [6, 6.07) is 8.40.